The lowest BCUT2D eigenvalue weighted by molar-refractivity contribution is 0.0627. The van der Waals surface area contributed by atoms with E-state index in [-0.39, 0.29) is 5.91 Å². The number of urea groups is 1. The number of nitrogens with one attached hydrogen (secondary N) is 1. The van der Waals surface area contributed by atoms with Crippen LogP contribution in [0.1, 0.15) is 23.2 Å². The fraction of sp³-hybridized carbons (Fsp3) is 0.467. The van der Waals surface area contributed by atoms with Crippen molar-refractivity contribution in [1.82, 2.24) is 9.80 Å². The number of primary amides is 1. The van der Waals surface area contributed by atoms with Crippen LogP contribution < -0.4 is 11.1 Å². The molecule has 1 saturated carbocycles. The van der Waals surface area contributed by atoms with Crippen molar-refractivity contribution in [3.63, 3.8) is 0 Å². The van der Waals surface area contributed by atoms with Crippen LogP contribution in [0.4, 0.5) is 10.5 Å². The topological polar surface area (TPSA) is 78.7 Å². The molecule has 3 N–H and O–H groups in total. The number of rotatable bonds is 3. The highest BCUT2D eigenvalue weighted by Gasteiger charge is 2.32. The minimum Gasteiger partial charge on any atom is -0.351 e. The molecule has 6 heteroatoms. The van der Waals surface area contributed by atoms with Crippen molar-refractivity contribution in [2.24, 2.45) is 5.73 Å². The zero-order valence-electron chi connectivity index (χ0n) is 11.9. The summed E-state index contributed by atoms with van der Waals surface area (Å²) in [4.78, 5) is 27.6. The molecule has 3 amide bonds. The molecule has 1 saturated heterocycles. The first-order chi connectivity index (χ1) is 10.1. The van der Waals surface area contributed by atoms with Gasteiger partial charge in [0.15, 0.2) is 0 Å². The minimum atomic E-state index is -0.606. The number of hydrogen-bond acceptors (Lipinski definition) is 3. The molecule has 1 aliphatic carbocycles. The molecule has 0 aromatic heterocycles. The van der Waals surface area contributed by atoms with Gasteiger partial charge in [-0.15, -0.1) is 0 Å². The summed E-state index contributed by atoms with van der Waals surface area (Å²) in [7, 11) is 0. The standard InChI is InChI=1S/C15H20N4O2/c16-15(21)17-12-3-1-11(2-4-12)14(20)19-9-7-18(8-10-19)13-5-6-13/h1-4,13H,5-10H2,(H3,16,17,21). The molecule has 0 spiro atoms. The van der Waals surface area contributed by atoms with Gasteiger partial charge >= 0.3 is 6.03 Å². The highest BCUT2D eigenvalue weighted by Crippen LogP contribution is 2.27. The molecule has 21 heavy (non-hydrogen) atoms. The average molecular weight is 288 g/mol. The number of benzene rings is 1. The van der Waals surface area contributed by atoms with Crippen LogP contribution in [-0.2, 0) is 0 Å². The van der Waals surface area contributed by atoms with Gasteiger partial charge in [-0.1, -0.05) is 0 Å². The molecule has 1 aromatic rings. The molecule has 1 heterocycles. The van der Waals surface area contributed by atoms with Gasteiger partial charge in [-0.2, -0.15) is 0 Å². The van der Waals surface area contributed by atoms with E-state index < -0.39 is 6.03 Å². The Morgan fingerprint density at radius 1 is 1.05 bits per heavy atom. The fourth-order valence-electron chi connectivity index (χ4n) is 2.75. The molecule has 6 nitrogen and oxygen atoms in total. The quantitative estimate of drug-likeness (QED) is 0.874. The maximum atomic E-state index is 12.4. The third kappa shape index (κ3) is 3.33. The van der Waals surface area contributed by atoms with Gasteiger partial charge in [0, 0.05) is 43.5 Å². The molecule has 3 rings (SSSR count). The molecule has 2 fully saturated rings. The third-order valence-corrected chi connectivity index (χ3v) is 4.06. The Kier molecular flexibility index (Phi) is 3.79. The Hall–Kier alpha value is -2.08. The number of carbonyl (C=O) groups is 2. The normalized spacial score (nSPS) is 19.3. The number of anilines is 1. The molecule has 0 bridgehead atoms. The fourth-order valence-corrected chi connectivity index (χ4v) is 2.75. The maximum Gasteiger partial charge on any atom is 0.316 e. The molecule has 1 aliphatic heterocycles. The lowest BCUT2D eigenvalue weighted by Gasteiger charge is -2.34. The van der Waals surface area contributed by atoms with Gasteiger partial charge in [0.1, 0.15) is 0 Å². The Morgan fingerprint density at radius 3 is 2.19 bits per heavy atom. The molecule has 1 aromatic carbocycles. The van der Waals surface area contributed by atoms with Crippen molar-refractivity contribution in [1.29, 1.82) is 0 Å². The van der Waals surface area contributed by atoms with E-state index in [2.05, 4.69) is 10.2 Å². The molecule has 0 unspecified atom stereocenters. The van der Waals surface area contributed by atoms with E-state index in [1.165, 1.54) is 12.8 Å². The summed E-state index contributed by atoms with van der Waals surface area (Å²) in [5.74, 6) is 0.0519. The van der Waals surface area contributed by atoms with Crippen molar-refractivity contribution >= 4 is 17.6 Å². The van der Waals surface area contributed by atoms with Crippen LogP contribution in [0, 0.1) is 0 Å². The van der Waals surface area contributed by atoms with Crippen LogP contribution in [0.5, 0.6) is 0 Å². The predicted molar refractivity (Wildman–Crippen MR) is 80.1 cm³/mol. The Bertz CT molecular complexity index is 531. The van der Waals surface area contributed by atoms with Crippen molar-refractivity contribution in [3.8, 4) is 0 Å². The lowest BCUT2D eigenvalue weighted by Crippen LogP contribution is -2.49. The number of piperazine rings is 1. The van der Waals surface area contributed by atoms with Gasteiger partial charge in [0.25, 0.3) is 5.91 Å². The summed E-state index contributed by atoms with van der Waals surface area (Å²) in [5, 5.41) is 2.48. The predicted octanol–water partition coefficient (Wildman–Crippen LogP) is 1.10. The molecule has 2 aliphatic rings. The largest absolute Gasteiger partial charge is 0.351 e. The van der Waals surface area contributed by atoms with Crippen molar-refractivity contribution in [2.45, 2.75) is 18.9 Å². The summed E-state index contributed by atoms with van der Waals surface area (Å²) in [6, 6.07) is 6.99. The van der Waals surface area contributed by atoms with Crippen LogP contribution in [0.3, 0.4) is 0 Å². The molecule has 0 radical (unpaired) electrons. The van der Waals surface area contributed by atoms with Gasteiger partial charge < -0.3 is 16.0 Å². The van der Waals surface area contributed by atoms with Crippen LogP contribution in [-0.4, -0.2) is 54.0 Å². The van der Waals surface area contributed by atoms with Gasteiger partial charge in [0.2, 0.25) is 0 Å². The summed E-state index contributed by atoms with van der Waals surface area (Å²) in [6.45, 7) is 3.52. The Morgan fingerprint density at radius 2 is 1.67 bits per heavy atom. The van der Waals surface area contributed by atoms with Gasteiger partial charge in [-0.3, -0.25) is 9.69 Å². The van der Waals surface area contributed by atoms with E-state index in [0.29, 0.717) is 11.3 Å². The van der Waals surface area contributed by atoms with Gasteiger partial charge in [-0.05, 0) is 37.1 Å². The van der Waals surface area contributed by atoms with E-state index in [1.54, 1.807) is 24.3 Å². The van der Waals surface area contributed by atoms with Crippen LogP contribution in [0.2, 0.25) is 0 Å². The molecular weight excluding hydrogens is 268 g/mol. The smallest absolute Gasteiger partial charge is 0.316 e. The van der Waals surface area contributed by atoms with Crippen molar-refractivity contribution in [3.05, 3.63) is 29.8 Å². The number of hydrogen-bond donors (Lipinski definition) is 2. The first kappa shape index (κ1) is 13.9. The molecule has 112 valence electrons. The summed E-state index contributed by atoms with van der Waals surface area (Å²) < 4.78 is 0. The highest BCUT2D eigenvalue weighted by atomic mass is 16.2. The SMILES string of the molecule is NC(=O)Nc1ccc(C(=O)N2CCN(C3CC3)CC2)cc1. The lowest BCUT2D eigenvalue weighted by atomic mass is 10.1. The first-order valence-corrected chi connectivity index (χ1v) is 7.33. The van der Waals surface area contributed by atoms with Crippen molar-refractivity contribution in [2.75, 3.05) is 31.5 Å². The third-order valence-electron chi connectivity index (χ3n) is 4.06. The second-order valence-electron chi connectivity index (χ2n) is 5.63. The van der Waals surface area contributed by atoms with E-state index in [4.69, 9.17) is 5.73 Å². The summed E-state index contributed by atoms with van der Waals surface area (Å²) in [5.41, 5.74) is 6.29. The van der Waals surface area contributed by atoms with E-state index in [0.717, 1.165) is 32.2 Å². The van der Waals surface area contributed by atoms with Crippen molar-refractivity contribution < 1.29 is 9.59 Å². The monoisotopic (exact) mass is 288 g/mol. The van der Waals surface area contributed by atoms with E-state index in [9.17, 15) is 9.59 Å². The van der Waals surface area contributed by atoms with E-state index >= 15 is 0 Å². The minimum absolute atomic E-state index is 0.0519. The first-order valence-electron chi connectivity index (χ1n) is 7.33. The second kappa shape index (κ2) is 5.73. The zero-order valence-corrected chi connectivity index (χ0v) is 11.9. The van der Waals surface area contributed by atoms with Gasteiger partial charge in [0.05, 0.1) is 0 Å². The average Bonchev–Trinajstić information content (AvgIpc) is 3.32. The number of amides is 3. The zero-order chi connectivity index (χ0) is 14.8. The Labute approximate surface area is 123 Å². The van der Waals surface area contributed by atoms with Gasteiger partial charge in [-0.25, -0.2) is 4.79 Å². The number of nitrogens with zero attached hydrogens (tertiary/aromatic N) is 2. The number of carbonyl (C=O) groups excluding carboxylic acids is 2. The second-order valence-corrected chi connectivity index (χ2v) is 5.63. The number of nitrogens with two attached hydrogens (primary N) is 1. The molecular formula is C15H20N4O2. The van der Waals surface area contributed by atoms with Crippen LogP contribution in [0.25, 0.3) is 0 Å². The summed E-state index contributed by atoms with van der Waals surface area (Å²) >= 11 is 0. The summed E-state index contributed by atoms with van der Waals surface area (Å²) in [6.07, 6.45) is 2.62. The molecule has 0 atom stereocenters. The highest BCUT2D eigenvalue weighted by molar-refractivity contribution is 5.95. The van der Waals surface area contributed by atoms with Crippen LogP contribution >= 0.6 is 0 Å². The maximum absolute atomic E-state index is 12.4. The van der Waals surface area contributed by atoms with E-state index in [1.807, 2.05) is 4.90 Å². The van der Waals surface area contributed by atoms with Crippen LogP contribution in [0.15, 0.2) is 24.3 Å². The Balaban J connectivity index is 1.58.